The lowest BCUT2D eigenvalue weighted by atomic mass is 9.69. The summed E-state index contributed by atoms with van der Waals surface area (Å²) in [5, 5.41) is 53.8. The van der Waals surface area contributed by atoms with E-state index in [4.69, 9.17) is 0 Å². The maximum atomic E-state index is 10.3. The number of nitrogens with one attached hydrogen (secondary N) is 8. The maximum Gasteiger partial charge on any atom is 0.0771 e. The molecule has 9 rings (SSSR count). The molecule has 5 heterocycles. The molecule has 10 nitrogen and oxygen atoms in total. The Labute approximate surface area is 276 Å². The Hall–Kier alpha value is -0.400. The third-order valence-corrected chi connectivity index (χ3v) is 15.1. The van der Waals surface area contributed by atoms with Gasteiger partial charge in [0.1, 0.15) is 0 Å². The van der Waals surface area contributed by atoms with Gasteiger partial charge in [0.15, 0.2) is 0 Å². The fraction of sp³-hybridized carbons (Fsp3) is 1.00. The van der Waals surface area contributed by atoms with Crippen LogP contribution in [0.3, 0.4) is 0 Å². The van der Waals surface area contributed by atoms with Gasteiger partial charge in [-0.25, -0.2) is 0 Å². The third-order valence-electron chi connectivity index (χ3n) is 15.1. The van der Waals surface area contributed by atoms with Crippen molar-refractivity contribution in [2.45, 2.75) is 165 Å². The molecular formula is C36H64N8O2. The minimum atomic E-state index is -0.598. The molecule has 5 saturated heterocycles. The van der Waals surface area contributed by atoms with Gasteiger partial charge in [0.05, 0.1) is 62.0 Å². The molecule has 10 N–H and O–H groups in total. The summed E-state index contributed by atoms with van der Waals surface area (Å²) in [6, 6.07) is 0. The van der Waals surface area contributed by atoms with Crippen LogP contribution in [-0.2, 0) is 0 Å². The first-order chi connectivity index (χ1) is 22.6. The number of fused-ring (bicyclic) bond motifs is 20. The molecule has 0 radical (unpaired) electrons. The van der Waals surface area contributed by atoms with Gasteiger partial charge in [-0.2, -0.15) is 0 Å². The van der Waals surface area contributed by atoms with Gasteiger partial charge in [0.25, 0.3) is 0 Å². The molecule has 9 aliphatic rings. The number of aliphatic hydroxyl groups is 2. The smallest absolute Gasteiger partial charge is 0.0771 e. The van der Waals surface area contributed by atoms with Crippen molar-refractivity contribution in [1.82, 2.24) is 42.5 Å². The zero-order valence-electron chi connectivity index (χ0n) is 28.0. The highest BCUT2D eigenvalue weighted by molar-refractivity contribution is 5.09. The zero-order valence-corrected chi connectivity index (χ0v) is 28.0. The van der Waals surface area contributed by atoms with E-state index in [1.165, 1.54) is 96.3 Å². The van der Waals surface area contributed by atoms with Crippen LogP contribution in [0.5, 0.6) is 0 Å². The quantitative estimate of drug-likeness (QED) is 0.222. The van der Waals surface area contributed by atoms with Crippen LogP contribution in [0, 0.1) is 53.3 Å². The first kappa shape index (κ1) is 31.6. The molecule has 0 aromatic carbocycles. The lowest BCUT2D eigenvalue weighted by molar-refractivity contribution is 0.0639. The van der Waals surface area contributed by atoms with E-state index in [0.717, 1.165) is 6.42 Å². The van der Waals surface area contributed by atoms with E-state index in [1.54, 1.807) is 0 Å². The highest BCUT2D eigenvalue weighted by Gasteiger charge is 2.55. The van der Waals surface area contributed by atoms with Crippen LogP contribution in [-0.4, -0.2) is 72.3 Å². The third kappa shape index (κ3) is 5.72. The second-order valence-electron chi connectivity index (χ2n) is 17.3. The fourth-order valence-corrected chi connectivity index (χ4v) is 13.0. The Balaban J connectivity index is 1.04. The van der Waals surface area contributed by atoms with Crippen LogP contribution < -0.4 is 42.5 Å². The Morgan fingerprint density at radius 3 is 1.11 bits per heavy atom. The van der Waals surface area contributed by atoms with Crippen molar-refractivity contribution in [3.05, 3.63) is 0 Å². The average Bonchev–Trinajstić information content (AvgIpc) is 3.83. The molecule has 0 aromatic heterocycles. The minimum Gasteiger partial charge on any atom is -0.394 e. The predicted molar refractivity (Wildman–Crippen MR) is 178 cm³/mol. The van der Waals surface area contributed by atoms with Gasteiger partial charge >= 0.3 is 0 Å². The van der Waals surface area contributed by atoms with E-state index in [-0.39, 0.29) is 18.9 Å². The summed E-state index contributed by atoms with van der Waals surface area (Å²) >= 11 is 0. The molecule has 0 aromatic rings. The Morgan fingerprint density at radius 2 is 0.739 bits per heavy atom. The van der Waals surface area contributed by atoms with Crippen molar-refractivity contribution >= 4 is 0 Å². The SMILES string of the molecule is OCC(O)CCC1CCCC2C3NC4NC(NC5NC(NC6NC(NC(N3)C12)C1CCCCC61)C1CCCCC51)C1CCCCC41. The normalized spacial score (nSPS) is 54.0. The zero-order chi connectivity index (χ0) is 30.8. The van der Waals surface area contributed by atoms with Crippen molar-refractivity contribution in [3.63, 3.8) is 0 Å². The lowest BCUT2D eigenvalue weighted by Gasteiger charge is -2.40. The van der Waals surface area contributed by atoms with Crippen LogP contribution in [0.25, 0.3) is 0 Å². The monoisotopic (exact) mass is 641 g/mol. The van der Waals surface area contributed by atoms with Gasteiger partial charge in [-0.1, -0.05) is 51.4 Å². The summed E-state index contributed by atoms with van der Waals surface area (Å²) in [5.74, 6) is 5.76. The van der Waals surface area contributed by atoms with E-state index in [1.807, 2.05) is 0 Å². The standard InChI is InChI=1S/C36H64N8O2/c45-18-20(46)17-16-19-8-7-15-27-28(19)36-43-34-26-14-6-5-13-25(26)32(41-34)39-30-22-10-2-1-9-21(22)29(37-30)38-31-23-11-3-4-12-24(23)33(40-31)42-35(27)44-36/h19-46H,1-18H2. The number of aliphatic hydroxyl groups excluding tert-OH is 2. The summed E-state index contributed by atoms with van der Waals surface area (Å²) < 4.78 is 0. The summed E-state index contributed by atoms with van der Waals surface area (Å²) in [5.41, 5.74) is 0. The lowest BCUT2D eigenvalue weighted by Crippen LogP contribution is -2.61. The maximum absolute atomic E-state index is 10.3. The van der Waals surface area contributed by atoms with E-state index < -0.39 is 6.10 Å². The Morgan fingerprint density at radius 1 is 0.413 bits per heavy atom. The highest BCUT2D eigenvalue weighted by Crippen LogP contribution is 2.47. The van der Waals surface area contributed by atoms with E-state index >= 15 is 0 Å². The molecular weight excluding hydrogens is 576 g/mol. The van der Waals surface area contributed by atoms with Crippen LogP contribution >= 0.6 is 0 Å². The molecule has 260 valence electrons. The van der Waals surface area contributed by atoms with Crippen molar-refractivity contribution in [2.24, 2.45) is 53.3 Å². The van der Waals surface area contributed by atoms with Crippen molar-refractivity contribution in [1.29, 1.82) is 0 Å². The summed E-state index contributed by atoms with van der Waals surface area (Å²) in [7, 11) is 0. The molecule has 18 atom stereocenters. The van der Waals surface area contributed by atoms with Crippen molar-refractivity contribution in [2.75, 3.05) is 6.61 Å². The summed E-state index contributed by atoms with van der Waals surface area (Å²) in [6.07, 6.45) is 23.6. The van der Waals surface area contributed by atoms with Gasteiger partial charge in [-0.3, -0.25) is 42.5 Å². The highest BCUT2D eigenvalue weighted by atomic mass is 16.3. The van der Waals surface area contributed by atoms with Gasteiger partial charge in [0.2, 0.25) is 0 Å². The van der Waals surface area contributed by atoms with Crippen molar-refractivity contribution < 1.29 is 10.2 Å². The second-order valence-corrected chi connectivity index (χ2v) is 17.3. The van der Waals surface area contributed by atoms with Crippen LogP contribution in [0.2, 0.25) is 0 Å². The Kier molecular flexibility index (Phi) is 9.18. The number of rotatable bonds is 4. The predicted octanol–water partition coefficient (Wildman–Crippen LogP) is 1.97. The topological polar surface area (TPSA) is 137 Å². The van der Waals surface area contributed by atoms with E-state index in [9.17, 15) is 10.2 Å². The summed E-state index contributed by atoms with van der Waals surface area (Å²) in [4.78, 5) is 0. The number of hydrogen-bond acceptors (Lipinski definition) is 10. The van der Waals surface area contributed by atoms with Crippen LogP contribution in [0.1, 0.15) is 109 Å². The molecule has 0 spiro atoms. The van der Waals surface area contributed by atoms with Gasteiger partial charge in [0, 0.05) is 0 Å². The first-order valence-electron chi connectivity index (χ1n) is 20.0. The van der Waals surface area contributed by atoms with Gasteiger partial charge in [-0.05, 0) is 111 Å². The van der Waals surface area contributed by atoms with Gasteiger partial charge in [-0.15, -0.1) is 0 Å². The molecule has 5 aliphatic heterocycles. The van der Waals surface area contributed by atoms with Gasteiger partial charge < -0.3 is 10.2 Å². The summed E-state index contributed by atoms with van der Waals surface area (Å²) in [6.45, 7) is -0.127. The Bertz CT molecular complexity index is 1050. The largest absolute Gasteiger partial charge is 0.394 e. The molecule has 46 heavy (non-hydrogen) atoms. The first-order valence-corrected chi connectivity index (χ1v) is 20.0. The van der Waals surface area contributed by atoms with Crippen LogP contribution in [0.15, 0.2) is 0 Å². The van der Waals surface area contributed by atoms with Crippen LogP contribution in [0.4, 0.5) is 0 Å². The molecule has 8 bridgehead atoms. The molecule has 10 heteroatoms. The fourth-order valence-electron chi connectivity index (χ4n) is 13.0. The number of hydrogen-bond donors (Lipinski definition) is 10. The molecule has 4 saturated carbocycles. The van der Waals surface area contributed by atoms with E-state index in [2.05, 4.69) is 42.5 Å². The molecule has 0 amide bonds. The average molecular weight is 641 g/mol. The molecule has 9 fully saturated rings. The van der Waals surface area contributed by atoms with E-state index in [0.29, 0.717) is 96.7 Å². The van der Waals surface area contributed by atoms with Crippen molar-refractivity contribution in [3.8, 4) is 0 Å². The molecule has 18 unspecified atom stereocenters. The minimum absolute atomic E-state index is 0.127. The second kappa shape index (κ2) is 13.4. The molecule has 4 aliphatic carbocycles.